The van der Waals surface area contributed by atoms with Gasteiger partial charge in [-0.1, -0.05) is 22.7 Å². The van der Waals surface area contributed by atoms with Crippen LogP contribution in [0.2, 0.25) is 0 Å². The van der Waals surface area contributed by atoms with Crippen LogP contribution in [0.4, 0.5) is 0 Å². The van der Waals surface area contributed by atoms with Crippen molar-refractivity contribution in [2.45, 2.75) is 0 Å². The molecule has 0 aliphatic rings. The first-order chi connectivity index (χ1) is 9.84. The molecule has 0 atom stereocenters. The number of rotatable bonds is 0. The molecule has 123 valence electrons. The molecule has 2 rings (SSSR count). The van der Waals surface area contributed by atoms with Crippen LogP contribution < -0.4 is 0 Å². The first-order valence-corrected chi connectivity index (χ1v) is 14.8. The Morgan fingerprint density at radius 1 is 0.857 bits per heavy atom. The van der Waals surface area contributed by atoms with Crippen LogP contribution in [0, 0.1) is 6.07 Å². The number of halogens is 2. The summed E-state index contributed by atoms with van der Waals surface area (Å²) in [6.45, 7) is 13.4. The van der Waals surface area contributed by atoms with Gasteiger partial charge in [-0.15, -0.1) is 66.8 Å². The normalized spacial score (nSPS) is 9.14. The minimum atomic E-state index is 0.380. The van der Waals surface area contributed by atoms with Crippen LogP contribution in [0.15, 0.2) is 40.9 Å². The Morgan fingerprint density at radius 3 is 1.71 bits per heavy atom. The predicted molar refractivity (Wildman–Crippen MR) is 109 cm³/mol. The molecular formula is C16H24Br2NiP2-. The van der Waals surface area contributed by atoms with Gasteiger partial charge in [0.25, 0.3) is 0 Å². The van der Waals surface area contributed by atoms with Gasteiger partial charge < -0.3 is 0 Å². The van der Waals surface area contributed by atoms with Gasteiger partial charge in [0, 0.05) is 0 Å². The van der Waals surface area contributed by atoms with Gasteiger partial charge >= 0.3 is 27.9 Å². The molecule has 0 heterocycles. The maximum atomic E-state index is 3.69. The van der Waals surface area contributed by atoms with E-state index in [9.17, 15) is 0 Å². The molecule has 0 aliphatic heterocycles. The maximum absolute atomic E-state index is 3.69. The van der Waals surface area contributed by atoms with Crippen molar-refractivity contribution >= 4 is 56.8 Å². The average Bonchev–Trinajstić information content (AvgIpc) is 2.40. The van der Waals surface area contributed by atoms with Crippen molar-refractivity contribution in [3.63, 3.8) is 0 Å². The fourth-order valence-electron chi connectivity index (χ4n) is 1.12. The molecule has 2 aromatic carbocycles. The van der Waals surface area contributed by atoms with Crippen molar-refractivity contribution in [1.29, 1.82) is 0 Å². The van der Waals surface area contributed by atoms with E-state index in [0.717, 1.165) is 9.86 Å². The zero-order valence-corrected chi connectivity index (χ0v) is 19.4. The topological polar surface area (TPSA) is 0 Å². The molecule has 21 heavy (non-hydrogen) atoms. The Hall–Kier alpha value is 1.01. The SMILES string of the molecule is Brc1cccc2ccc[c-]c12.CP(C)C.CP(C)C.[Ni][Br]. The standard InChI is InChI=1S/C10H6Br.2C3H9P.BrH.Ni/c11-10-7-3-5-8-4-1-2-6-9(8)10;2*1-4(2)3;;/h1-5,7H;2*1-3H3;1H;/q-1;;;;+1/p-1. The quantitative estimate of drug-likeness (QED) is 0.210. The molecular weight excluding hydrogens is 473 g/mol. The minimum absolute atomic E-state index is 0.380. The van der Waals surface area contributed by atoms with E-state index in [1.54, 1.807) is 0 Å². The molecule has 0 saturated carbocycles. The molecule has 0 spiro atoms. The predicted octanol–water partition coefficient (Wildman–Crippen LogP) is 6.96. The molecule has 2 aromatic rings. The summed E-state index contributed by atoms with van der Waals surface area (Å²) in [5, 5.41) is 2.37. The second-order valence-corrected chi connectivity index (χ2v) is 11.3. The molecule has 0 unspecified atom stereocenters. The molecule has 0 aromatic heterocycles. The monoisotopic (exact) mass is 494 g/mol. The van der Waals surface area contributed by atoms with Crippen molar-refractivity contribution in [2.75, 3.05) is 40.0 Å². The molecule has 0 saturated heterocycles. The second kappa shape index (κ2) is 15.9. The van der Waals surface area contributed by atoms with E-state index < -0.39 is 0 Å². The first kappa shape index (κ1) is 24.3. The van der Waals surface area contributed by atoms with E-state index in [4.69, 9.17) is 0 Å². The molecule has 0 N–H and O–H groups in total. The Labute approximate surface area is 156 Å². The van der Waals surface area contributed by atoms with Gasteiger partial charge in [0.1, 0.15) is 0 Å². The molecule has 0 radical (unpaired) electrons. The summed E-state index contributed by atoms with van der Waals surface area (Å²) in [5.74, 6) is 0. The second-order valence-electron chi connectivity index (χ2n) is 5.06. The van der Waals surface area contributed by atoms with E-state index >= 15 is 0 Å². The van der Waals surface area contributed by atoms with Crippen LogP contribution in [-0.4, -0.2) is 40.0 Å². The van der Waals surface area contributed by atoms with Crippen molar-refractivity contribution in [2.24, 2.45) is 0 Å². The van der Waals surface area contributed by atoms with Crippen LogP contribution in [0.5, 0.6) is 0 Å². The summed E-state index contributed by atoms with van der Waals surface area (Å²) in [5.41, 5.74) is 0. The van der Waals surface area contributed by atoms with E-state index in [-0.39, 0.29) is 0 Å². The summed E-state index contributed by atoms with van der Waals surface area (Å²) in [6.07, 6.45) is 0. The van der Waals surface area contributed by atoms with Crippen molar-refractivity contribution < 1.29 is 13.7 Å². The Bertz CT molecular complexity index is 460. The average molecular weight is 497 g/mol. The van der Waals surface area contributed by atoms with Crippen molar-refractivity contribution in [3.8, 4) is 0 Å². The van der Waals surface area contributed by atoms with Gasteiger partial charge in [-0.2, -0.15) is 0 Å². The zero-order valence-electron chi connectivity index (χ0n) is 13.4. The third-order valence-electron chi connectivity index (χ3n) is 1.65. The van der Waals surface area contributed by atoms with Crippen LogP contribution in [0.3, 0.4) is 0 Å². The van der Waals surface area contributed by atoms with Crippen LogP contribution in [-0.2, 0) is 13.7 Å². The first-order valence-electron chi connectivity index (χ1n) is 6.23. The van der Waals surface area contributed by atoms with Gasteiger partial charge in [-0.25, -0.2) is 0 Å². The third-order valence-corrected chi connectivity index (χ3v) is 2.31. The fourth-order valence-corrected chi connectivity index (χ4v) is 1.61. The van der Waals surface area contributed by atoms with Gasteiger partial charge in [0.05, 0.1) is 0 Å². The van der Waals surface area contributed by atoms with Gasteiger partial charge in [0.2, 0.25) is 0 Å². The molecule has 0 aliphatic carbocycles. The number of benzene rings is 2. The third kappa shape index (κ3) is 15.7. The Kier molecular flexibility index (Phi) is 18.4. The summed E-state index contributed by atoms with van der Waals surface area (Å²) in [7, 11) is 0.759. The molecule has 0 fully saturated rings. The van der Waals surface area contributed by atoms with Crippen LogP contribution in [0.1, 0.15) is 0 Å². The van der Waals surface area contributed by atoms with Crippen LogP contribution in [0.25, 0.3) is 10.8 Å². The van der Waals surface area contributed by atoms with Crippen molar-refractivity contribution in [1.82, 2.24) is 0 Å². The van der Waals surface area contributed by atoms with Crippen molar-refractivity contribution in [3.05, 3.63) is 46.9 Å². The van der Waals surface area contributed by atoms with Gasteiger partial charge in [-0.05, 0) is 40.0 Å². The fraction of sp³-hybridized carbons (Fsp3) is 0.375. The van der Waals surface area contributed by atoms with Crippen LogP contribution >= 0.6 is 46.0 Å². The number of hydrogen-bond acceptors (Lipinski definition) is 0. The molecule has 5 heteroatoms. The molecule has 0 bridgehead atoms. The number of fused-ring (bicyclic) bond motifs is 1. The Balaban J connectivity index is 0. The summed E-state index contributed by atoms with van der Waals surface area (Å²) in [6, 6.07) is 15.3. The van der Waals surface area contributed by atoms with E-state index in [0.29, 0.717) is 15.8 Å². The molecule has 0 nitrogen and oxygen atoms in total. The summed E-state index contributed by atoms with van der Waals surface area (Å²) in [4.78, 5) is 0. The van der Waals surface area contributed by atoms with E-state index in [1.807, 2.05) is 24.3 Å². The Morgan fingerprint density at radius 2 is 1.29 bits per heavy atom. The summed E-state index contributed by atoms with van der Waals surface area (Å²) >= 11 is 9.72. The van der Waals surface area contributed by atoms with E-state index in [1.165, 1.54) is 5.39 Å². The molecule has 0 amide bonds. The van der Waals surface area contributed by atoms with Gasteiger partial charge in [0.15, 0.2) is 0 Å². The summed E-state index contributed by atoms with van der Waals surface area (Å²) < 4.78 is 1.11. The zero-order chi connectivity index (χ0) is 16.8. The van der Waals surface area contributed by atoms with Gasteiger partial charge in [-0.3, -0.25) is 0 Å². The number of hydrogen-bond donors (Lipinski definition) is 0. The van der Waals surface area contributed by atoms with E-state index in [2.05, 4.69) is 102 Å².